The van der Waals surface area contributed by atoms with Gasteiger partial charge in [-0.05, 0) is 66.9 Å². The van der Waals surface area contributed by atoms with Gasteiger partial charge in [-0.1, -0.05) is 32.0 Å². The van der Waals surface area contributed by atoms with Gasteiger partial charge in [0.05, 0.1) is 32.4 Å². The Morgan fingerprint density at radius 3 is 2.06 bits per heavy atom. The number of carbonyl (C=O) groups is 4. The van der Waals surface area contributed by atoms with Crippen LogP contribution in [0.25, 0.3) is 0 Å². The number of imide groups is 1. The standard InChI is InChI=1S/C24H25BrN2O8S/c1-13(2)19(26-20(28)14-9-6-7-10-15(14)21(26)29)23(31)35-27(36(32)33)17-12-8-11-16(18(17)25)22(30)34-24(3,4)5/h6-13,19H,1-5H3,(H,32,33)/p-1/t19-/m0/s1. The first-order valence-electron chi connectivity index (χ1n) is 10.8. The third-order valence-corrected chi connectivity index (χ3v) is 6.45. The molecule has 0 aliphatic carbocycles. The van der Waals surface area contributed by atoms with E-state index in [9.17, 15) is 27.9 Å². The van der Waals surface area contributed by atoms with Gasteiger partial charge in [0.2, 0.25) is 0 Å². The van der Waals surface area contributed by atoms with E-state index >= 15 is 0 Å². The van der Waals surface area contributed by atoms with Crippen molar-refractivity contribution in [3.63, 3.8) is 0 Å². The highest BCUT2D eigenvalue weighted by atomic mass is 79.9. The van der Waals surface area contributed by atoms with Crippen molar-refractivity contribution in [3.05, 3.63) is 63.6 Å². The monoisotopic (exact) mass is 579 g/mol. The molecule has 36 heavy (non-hydrogen) atoms. The molecule has 1 aliphatic rings. The molecule has 0 fully saturated rings. The fourth-order valence-corrected chi connectivity index (χ4v) is 4.74. The molecule has 192 valence electrons. The number of anilines is 1. The van der Waals surface area contributed by atoms with Crippen LogP contribution in [0.15, 0.2) is 46.9 Å². The predicted molar refractivity (Wildman–Crippen MR) is 132 cm³/mol. The van der Waals surface area contributed by atoms with Gasteiger partial charge in [-0.15, -0.1) is 4.47 Å². The number of hydrogen-bond acceptors (Lipinski definition) is 8. The van der Waals surface area contributed by atoms with E-state index in [1.54, 1.807) is 46.8 Å². The van der Waals surface area contributed by atoms with Crippen LogP contribution in [0.4, 0.5) is 5.69 Å². The van der Waals surface area contributed by atoms with Crippen molar-refractivity contribution >= 4 is 56.6 Å². The van der Waals surface area contributed by atoms with Crippen LogP contribution in [0.1, 0.15) is 65.7 Å². The van der Waals surface area contributed by atoms with E-state index in [1.807, 2.05) is 0 Å². The van der Waals surface area contributed by atoms with Crippen LogP contribution < -0.4 is 4.47 Å². The molecule has 2 aromatic carbocycles. The Balaban J connectivity index is 1.94. The Kier molecular flexibility index (Phi) is 8.01. The molecule has 2 amide bonds. The van der Waals surface area contributed by atoms with Gasteiger partial charge < -0.3 is 14.1 Å². The number of carbonyl (C=O) groups excluding carboxylic acids is 4. The van der Waals surface area contributed by atoms with E-state index < -0.39 is 52.6 Å². The average Bonchev–Trinajstić information content (AvgIpc) is 3.02. The first kappa shape index (κ1) is 27.5. The van der Waals surface area contributed by atoms with Crippen molar-refractivity contribution in [2.45, 2.75) is 46.3 Å². The Hall–Kier alpha value is -3.09. The topological polar surface area (TPSA) is 133 Å². The highest BCUT2D eigenvalue weighted by Crippen LogP contribution is 2.33. The minimum atomic E-state index is -3.14. The molecule has 0 aromatic heterocycles. The number of amides is 2. The summed E-state index contributed by atoms with van der Waals surface area (Å²) < 4.78 is 29.8. The first-order valence-corrected chi connectivity index (χ1v) is 12.7. The molecule has 1 unspecified atom stereocenters. The molecule has 0 saturated heterocycles. The number of esters is 1. The zero-order chi connectivity index (χ0) is 26.9. The molecule has 1 heterocycles. The number of fused-ring (bicyclic) bond motifs is 1. The molecule has 3 rings (SSSR count). The molecular weight excluding hydrogens is 556 g/mol. The summed E-state index contributed by atoms with van der Waals surface area (Å²) in [6.07, 6.45) is 0. The SMILES string of the molecule is CC(C)[C@@H](C(=O)ON(c1cccc(C(=O)OC(C)(C)C)c1Br)S(=O)[O-])N1C(=O)c2ccccc2C1=O. The molecule has 2 aromatic rings. The van der Waals surface area contributed by atoms with E-state index in [0.29, 0.717) is 0 Å². The highest BCUT2D eigenvalue weighted by Gasteiger charge is 2.45. The summed E-state index contributed by atoms with van der Waals surface area (Å²) in [5, 5.41) is 0. The highest BCUT2D eigenvalue weighted by molar-refractivity contribution is 9.10. The summed E-state index contributed by atoms with van der Waals surface area (Å²) in [4.78, 5) is 57.7. The number of halogens is 1. The second kappa shape index (κ2) is 10.5. The fraction of sp³-hybridized carbons (Fsp3) is 0.333. The smallest absolute Gasteiger partial charge is 0.356 e. The van der Waals surface area contributed by atoms with Crippen LogP contribution >= 0.6 is 15.9 Å². The largest absolute Gasteiger partial charge is 0.753 e. The van der Waals surface area contributed by atoms with Gasteiger partial charge in [0, 0.05) is 0 Å². The third kappa shape index (κ3) is 5.50. The number of ether oxygens (including phenoxy) is 1. The summed E-state index contributed by atoms with van der Waals surface area (Å²) in [5.41, 5.74) is -0.729. The van der Waals surface area contributed by atoms with Crippen LogP contribution in [0, 0.1) is 5.92 Å². The summed E-state index contributed by atoms with van der Waals surface area (Å²) in [5.74, 6) is -3.87. The number of nitrogens with zero attached hydrogens (tertiary/aromatic N) is 2. The quantitative estimate of drug-likeness (QED) is 0.209. The van der Waals surface area contributed by atoms with Gasteiger partial charge in [0.1, 0.15) is 17.3 Å². The lowest BCUT2D eigenvalue weighted by Crippen LogP contribution is -2.50. The maximum absolute atomic E-state index is 13.2. The van der Waals surface area contributed by atoms with Gasteiger partial charge in [0.25, 0.3) is 11.8 Å². The molecule has 0 saturated carbocycles. The van der Waals surface area contributed by atoms with Crippen molar-refractivity contribution < 1.29 is 37.5 Å². The molecule has 0 bridgehead atoms. The van der Waals surface area contributed by atoms with Crippen molar-refractivity contribution in [1.82, 2.24) is 4.90 Å². The maximum Gasteiger partial charge on any atom is 0.356 e. The van der Waals surface area contributed by atoms with Gasteiger partial charge in [-0.2, -0.15) is 0 Å². The van der Waals surface area contributed by atoms with Gasteiger partial charge in [0.15, 0.2) is 0 Å². The van der Waals surface area contributed by atoms with Crippen molar-refractivity contribution in [2.24, 2.45) is 5.92 Å². The van der Waals surface area contributed by atoms with Crippen molar-refractivity contribution in [2.75, 3.05) is 4.47 Å². The second-order valence-electron chi connectivity index (χ2n) is 9.24. The first-order chi connectivity index (χ1) is 16.7. The van der Waals surface area contributed by atoms with E-state index in [1.165, 1.54) is 30.3 Å². The summed E-state index contributed by atoms with van der Waals surface area (Å²) in [6, 6.07) is 8.79. The van der Waals surface area contributed by atoms with Crippen LogP contribution in [0.3, 0.4) is 0 Å². The van der Waals surface area contributed by atoms with E-state index in [4.69, 9.17) is 9.57 Å². The molecule has 0 N–H and O–H groups in total. The van der Waals surface area contributed by atoms with Crippen molar-refractivity contribution in [1.29, 1.82) is 0 Å². The van der Waals surface area contributed by atoms with Crippen LogP contribution in [0.2, 0.25) is 0 Å². The molecule has 0 spiro atoms. The van der Waals surface area contributed by atoms with Crippen LogP contribution in [-0.4, -0.2) is 49.1 Å². The third-order valence-electron chi connectivity index (χ3n) is 5.08. The summed E-state index contributed by atoms with van der Waals surface area (Å²) in [7, 11) is 0. The normalized spacial score (nSPS) is 14.9. The number of hydrogen-bond donors (Lipinski definition) is 0. The lowest BCUT2D eigenvalue weighted by molar-refractivity contribution is -0.149. The Bertz CT molecular complexity index is 1220. The van der Waals surface area contributed by atoms with E-state index in [2.05, 4.69) is 15.9 Å². The fourth-order valence-electron chi connectivity index (χ4n) is 3.58. The maximum atomic E-state index is 13.2. The predicted octanol–water partition coefficient (Wildman–Crippen LogP) is 3.78. The Morgan fingerprint density at radius 2 is 1.58 bits per heavy atom. The zero-order valence-corrected chi connectivity index (χ0v) is 22.5. The molecule has 10 nitrogen and oxygen atoms in total. The van der Waals surface area contributed by atoms with Gasteiger partial charge >= 0.3 is 11.9 Å². The van der Waals surface area contributed by atoms with Crippen LogP contribution in [-0.2, 0) is 25.6 Å². The second-order valence-corrected chi connectivity index (χ2v) is 10.8. The lowest BCUT2D eigenvalue weighted by Gasteiger charge is -2.31. The van der Waals surface area contributed by atoms with Crippen LogP contribution in [0.5, 0.6) is 0 Å². The summed E-state index contributed by atoms with van der Waals surface area (Å²) >= 11 is 0.0487. The average molecular weight is 580 g/mol. The summed E-state index contributed by atoms with van der Waals surface area (Å²) in [6.45, 7) is 8.21. The van der Waals surface area contributed by atoms with Gasteiger partial charge in [-0.25, -0.2) is 13.8 Å². The zero-order valence-electron chi connectivity index (χ0n) is 20.1. The molecule has 1 aliphatic heterocycles. The lowest BCUT2D eigenvalue weighted by atomic mass is 10.0. The number of benzene rings is 2. The molecule has 2 atom stereocenters. The van der Waals surface area contributed by atoms with Crippen molar-refractivity contribution in [3.8, 4) is 0 Å². The minimum Gasteiger partial charge on any atom is -0.753 e. The Morgan fingerprint density at radius 1 is 1.03 bits per heavy atom. The van der Waals surface area contributed by atoms with E-state index in [-0.39, 0.29) is 31.3 Å². The molecular formula is C24H24BrN2O8S-. The molecule has 0 radical (unpaired) electrons. The van der Waals surface area contributed by atoms with E-state index in [0.717, 1.165) is 4.90 Å². The Labute approximate surface area is 219 Å². The van der Waals surface area contributed by atoms with Gasteiger partial charge in [-0.3, -0.25) is 14.5 Å². The minimum absolute atomic E-state index is 0.00178. The number of rotatable bonds is 7. The molecule has 12 heteroatoms.